The summed E-state index contributed by atoms with van der Waals surface area (Å²) in [6, 6.07) is 21.6. The Morgan fingerprint density at radius 3 is 2.38 bits per heavy atom. The van der Waals surface area contributed by atoms with Crippen molar-refractivity contribution in [1.29, 1.82) is 0 Å². The van der Waals surface area contributed by atoms with Crippen LogP contribution in [0.5, 0.6) is 0 Å². The van der Waals surface area contributed by atoms with E-state index in [1.807, 2.05) is 11.8 Å². The van der Waals surface area contributed by atoms with Crippen molar-refractivity contribution >= 4 is 11.8 Å². The maximum Gasteiger partial charge on any atom is 0.0902 e. The molecule has 0 radical (unpaired) electrons. The van der Waals surface area contributed by atoms with Crippen molar-refractivity contribution in [2.24, 2.45) is 0 Å². The summed E-state index contributed by atoms with van der Waals surface area (Å²) in [7, 11) is 0. The molecule has 1 aliphatic heterocycles. The number of hydrogen-bond donors (Lipinski definition) is 0. The monoisotopic (exact) mass is 299 g/mol. The predicted octanol–water partition coefficient (Wildman–Crippen LogP) is 4.30. The zero-order valence-electron chi connectivity index (χ0n) is 12.3. The lowest BCUT2D eigenvalue weighted by Gasteiger charge is -2.23. The van der Waals surface area contributed by atoms with Gasteiger partial charge in [0.05, 0.1) is 12.1 Å². The van der Waals surface area contributed by atoms with Crippen molar-refractivity contribution in [3.05, 3.63) is 71.8 Å². The van der Waals surface area contributed by atoms with E-state index in [-0.39, 0.29) is 0 Å². The number of hydrogen-bond acceptors (Lipinski definition) is 3. The average molecular weight is 299 g/mol. The topological polar surface area (TPSA) is 12.5 Å². The van der Waals surface area contributed by atoms with E-state index in [0.29, 0.717) is 12.1 Å². The van der Waals surface area contributed by atoms with Gasteiger partial charge >= 0.3 is 0 Å². The number of benzene rings is 2. The minimum absolute atomic E-state index is 0.314. The molecule has 0 amide bonds. The van der Waals surface area contributed by atoms with E-state index < -0.39 is 0 Å². The SMILES string of the molecule is CSC[C@H]1C[C@H](c2ccccc2)N(Cc2ccccc2)O1. The molecule has 0 aliphatic carbocycles. The van der Waals surface area contributed by atoms with E-state index in [9.17, 15) is 0 Å². The lowest BCUT2D eigenvalue weighted by atomic mass is 10.0. The summed E-state index contributed by atoms with van der Waals surface area (Å²) in [5.74, 6) is 1.05. The second-order valence-electron chi connectivity index (χ2n) is 5.41. The molecule has 0 bridgehead atoms. The number of thioether (sulfide) groups is 1. The highest BCUT2D eigenvalue weighted by Gasteiger charge is 2.34. The van der Waals surface area contributed by atoms with E-state index in [2.05, 4.69) is 72.0 Å². The first kappa shape index (κ1) is 14.6. The lowest BCUT2D eigenvalue weighted by Crippen LogP contribution is -2.22. The summed E-state index contributed by atoms with van der Waals surface area (Å²) in [5, 5.41) is 2.16. The van der Waals surface area contributed by atoms with Crippen LogP contribution in [-0.2, 0) is 11.4 Å². The Morgan fingerprint density at radius 2 is 1.71 bits per heavy atom. The maximum atomic E-state index is 6.19. The second-order valence-corrected chi connectivity index (χ2v) is 6.32. The van der Waals surface area contributed by atoms with E-state index in [1.165, 1.54) is 11.1 Å². The second kappa shape index (κ2) is 7.12. The number of nitrogens with zero attached hydrogens (tertiary/aromatic N) is 1. The molecule has 2 aromatic rings. The molecule has 1 aliphatic rings. The van der Waals surface area contributed by atoms with Gasteiger partial charge in [0.25, 0.3) is 0 Å². The summed E-state index contributed by atoms with van der Waals surface area (Å²) in [6.07, 6.45) is 3.52. The summed E-state index contributed by atoms with van der Waals surface area (Å²) < 4.78 is 0. The molecular weight excluding hydrogens is 278 g/mol. The molecule has 0 spiro atoms. The van der Waals surface area contributed by atoms with Gasteiger partial charge in [0.1, 0.15) is 0 Å². The largest absolute Gasteiger partial charge is 0.294 e. The molecule has 1 saturated heterocycles. The van der Waals surface area contributed by atoms with Gasteiger partial charge in [-0.1, -0.05) is 60.7 Å². The molecule has 0 saturated carbocycles. The Bertz CT molecular complexity index is 546. The average Bonchev–Trinajstić information content (AvgIpc) is 2.92. The smallest absolute Gasteiger partial charge is 0.0902 e. The summed E-state index contributed by atoms with van der Waals surface area (Å²) in [4.78, 5) is 6.19. The van der Waals surface area contributed by atoms with Crippen LogP contribution in [0.2, 0.25) is 0 Å². The lowest BCUT2D eigenvalue weighted by molar-refractivity contribution is -0.165. The first-order chi connectivity index (χ1) is 10.4. The van der Waals surface area contributed by atoms with Gasteiger partial charge in [-0.05, 0) is 23.8 Å². The van der Waals surface area contributed by atoms with Gasteiger partial charge in [0.15, 0.2) is 0 Å². The number of rotatable bonds is 5. The third kappa shape index (κ3) is 3.67. The molecule has 21 heavy (non-hydrogen) atoms. The van der Waals surface area contributed by atoms with Crippen LogP contribution >= 0.6 is 11.8 Å². The Labute approximate surface area is 131 Å². The van der Waals surface area contributed by atoms with Crippen LogP contribution in [-0.4, -0.2) is 23.2 Å². The van der Waals surface area contributed by atoms with Crippen molar-refractivity contribution < 1.29 is 4.84 Å². The standard InChI is InChI=1S/C18H21NOS/c1-21-14-17-12-18(16-10-6-3-7-11-16)19(20-17)13-15-8-4-2-5-9-15/h2-11,17-18H,12-14H2,1H3/t17-,18-/m1/s1. The molecular formula is C18H21NOS. The van der Waals surface area contributed by atoms with Gasteiger partial charge in [0.2, 0.25) is 0 Å². The predicted molar refractivity (Wildman–Crippen MR) is 89.0 cm³/mol. The Morgan fingerprint density at radius 1 is 1.05 bits per heavy atom. The first-order valence-electron chi connectivity index (χ1n) is 7.38. The summed E-state index contributed by atoms with van der Waals surface area (Å²) in [6.45, 7) is 0.839. The number of hydroxylamine groups is 2. The Balaban J connectivity index is 1.78. The molecule has 0 aromatic heterocycles. The van der Waals surface area contributed by atoms with Gasteiger partial charge < -0.3 is 0 Å². The molecule has 1 heterocycles. The molecule has 0 N–H and O–H groups in total. The van der Waals surface area contributed by atoms with Crippen LogP contribution < -0.4 is 0 Å². The zero-order valence-corrected chi connectivity index (χ0v) is 13.1. The van der Waals surface area contributed by atoms with Crippen LogP contribution in [0.25, 0.3) is 0 Å². The van der Waals surface area contributed by atoms with Gasteiger partial charge in [0, 0.05) is 12.3 Å². The Hall–Kier alpha value is -1.29. The van der Waals surface area contributed by atoms with Gasteiger partial charge in [-0.2, -0.15) is 16.8 Å². The first-order valence-corrected chi connectivity index (χ1v) is 8.77. The molecule has 2 nitrogen and oxygen atoms in total. The van der Waals surface area contributed by atoms with E-state index in [0.717, 1.165) is 18.7 Å². The fraction of sp³-hybridized carbons (Fsp3) is 0.333. The maximum absolute atomic E-state index is 6.19. The third-order valence-electron chi connectivity index (χ3n) is 3.84. The Kier molecular flexibility index (Phi) is 4.96. The fourth-order valence-electron chi connectivity index (χ4n) is 2.85. The van der Waals surface area contributed by atoms with Crippen molar-refractivity contribution in [1.82, 2.24) is 5.06 Å². The highest BCUT2D eigenvalue weighted by molar-refractivity contribution is 7.98. The quantitative estimate of drug-likeness (QED) is 0.817. The normalized spacial score (nSPS) is 22.5. The summed E-state index contributed by atoms with van der Waals surface area (Å²) in [5.41, 5.74) is 2.64. The van der Waals surface area contributed by atoms with Gasteiger partial charge in [-0.15, -0.1) is 0 Å². The molecule has 110 valence electrons. The fourth-order valence-corrected chi connectivity index (χ4v) is 3.42. The molecule has 2 atom stereocenters. The van der Waals surface area contributed by atoms with Crippen LogP contribution in [0.3, 0.4) is 0 Å². The minimum Gasteiger partial charge on any atom is -0.294 e. The highest BCUT2D eigenvalue weighted by atomic mass is 32.2. The van der Waals surface area contributed by atoms with E-state index in [4.69, 9.17) is 4.84 Å². The molecule has 3 heteroatoms. The molecule has 0 unspecified atom stereocenters. The summed E-state index contributed by atoms with van der Waals surface area (Å²) >= 11 is 1.85. The zero-order chi connectivity index (χ0) is 14.5. The van der Waals surface area contributed by atoms with Crippen molar-refractivity contribution in [2.45, 2.75) is 25.1 Å². The highest BCUT2D eigenvalue weighted by Crippen LogP contribution is 2.36. The third-order valence-corrected chi connectivity index (χ3v) is 4.54. The van der Waals surface area contributed by atoms with E-state index in [1.54, 1.807) is 0 Å². The van der Waals surface area contributed by atoms with Crippen LogP contribution in [0.1, 0.15) is 23.6 Å². The van der Waals surface area contributed by atoms with Crippen molar-refractivity contribution in [3.63, 3.8) is 0 Å². The van der Waals surface area contributed by atoms with Gasteiger partial charge in [-0.25, -0.2) is 0 Å². The molecule has 2 aromatic carbocycles. The molecule has 1 fully saturated rings. The van der Waals surface area contributed by atoms with Crippen molar-refractivity contribution in [2.75, 3.05) is 12.0 Å². The van der Waals surface area contributed by atoms with E-state index >= 15 is 0 Å². The molecule has 3 rings (SSSR count). The van der Waals surface area contributed by atoms with Gasteiger partial charge in [-0.3, -0.25) is 4.84 Å². The minimum atomic E-state index is 0.314. The van der Waals surface area contributed by atoms with Crippen LogP contribution in [0, 0.1) is 0 Å². The van der Waals surface area contributed by atoms with Crippen molar-refractivity contribution in [3.8, 4) is 0 Å². The van der Waals surface area contributed by atoms with Crippen LogP contribution in [0.4, 0.5) is 0 Å². The van der Waals surface area contributed by atoms with Crippen LogP contribution in [0.15, 0.2) is 60.7 Å².